The zero-order valence-corrected chi connectivity index (χ0v) is 28.1. The van der Waals surface area contributed by atoms with Gasteiger partial charge in [-0.15, -0.1) is 0 Å². The molecule has 4 nitrogen and oxygen atoms in total. The van der Waals surface area contributed by atoms with E-state index in [-0.39, 0.29) is 25.0 Å². The van der Waals surface area contributed by atoms with Crippen LogP contribution < -0.4 is 0 Å². The maximum atomic E-state index is 12.2. The van der Waals surface area contributed by atoms with Gasteiger partial charge in [-0.3, -0.25) is 0 Å². The lowest BCUT2D eigenvalue weighted by molar-refractivity contribution is 0.170. The van der Waals surface area contributed by atoms with Crippen LogP contribution in [0.4, 0.5) is 0 Å². The predicted octanol–water partition coefficient (Wildman–Crippen LogP) is 11.4. The summed E-state index contributed by atoms with van der Waals surface area (Å²) in [6, 6.07) is 0. The standard InChI is InChI=1S/C34H70O4S/c1-7-9-17-23-31(3)25-19-13-11-15-21-27-33(5)29-37-39(35,36)38-30-34(6)28-22-16-12-14-20-26-32(4)24-18-10-8-2/h31-34H,7-30H2,1-6H3. The number of hydrogen-bond donors (Lipinski definition) is 0. The fraction of sp³-hybridized carbons (Fsp3) is 1.00. The molecule has 39 heavy (non-hydrogen) atoms. The van der Waals surface area contributed by atoms with Crippen LogP contribution in [0.3, 0.4) is 0 Å². The van der Waals surface area contributed by atoms with Crippen molar-refractivity contribution in [2.75, 3.05) is 13.2 Å². The highest BCUT2D eigenvalue weighted by atomic mass is 32.3. The van der Waals surface area contributed by atoms with Gasteiger partial charge in [-0.25, -0.2) is 8.37 Å². The van der Waals surface area contributed by atoms with E-state index in [0.717, 1.165) is 37.5 Å². The molecule has 0 bridgehead atoms. The van der Waals surface area contributed by atoms with E-state index < -0.39 is 10.4 Å². The molecule has 0 heterocycles. The molecule has 0 aliphatic heterocycles. The molecule has 0 fully saturated rings. The molecule has 0 rings (SSSR count). The Morgan fingerprint density at radius 3 is 0.974 bits per heavy atom. The highest BCUT2D eigenvalue weighted by Crippen LogP contribution is 2.20. The van der Waals surface area contributed by atoms with E-state index >= 15 is 0 Å². The van der Waals surface area contributed by atoms with Crippen LogP contribution in [0.25, 0.3) is 0 Å². The molecule has 0 radical (unpaired) electrons. The number of unbranched alkanes of at least 4 members (excludes halogenated alkanes) is 12. The minimum Gasteiger partial charge on any atom is -0.248 e. The fourth-order valence-corrected chi connectivity index (χ4v) is 6.27. The largest absolute Gasteiger partial charge is 0.399 e. The zero-order valence-electron chi connectivity index (χ0n) is 27.3. The molecule has 0 saturated carbocycles. The normalized spacial score (nSPS) is 15.3. The van der Waals surface area contributed by atoms with Crippen LogP contribution in [0.5, 0.6) is 0 Å². The lowest BCUT2D eigenvalue weighted by atomic mass is 9.96. The SMILES string of the molecule is CCCCCC(C)CCCCCCCC(C)COS(=O)(=O)OCC(C)CCCCCCCC(C)CCCCC. The van der Waals surface area contributed by atoms with Gasteiger partial charge in [0.15, 0.2) is 0 Å². The van der Waals surface area contributed by atoms with E-state index in [9.17, 15) is 8.42 Å². The first-order chi connectivity index (χ1) is 18.7. The summed E-state index contributed by atoms with van der Waals surface area (Å²) in [5, 5.41) is 0. The molecule has 0 aromatic heterocycles. The molecular weight excluding hydrogens is 504 g/mol. The first kappa shape index (κ1) is 38.9. The maximum absolute atomic E-state index is 12.2. The third-order valence-electron chi connectivity index (χ3n) is 8.38. The quantitative estimate of drug-likeness (QED) is 0.0800. The Bertz CT molecular complexity index is 560. The van der Waals surface area contributed by atoms with Gasteiger partial charge in [0.25, 0.3) is 0 Å². The minimum atomic E-state index is -3.89. The molecule has 0 aromatic carbocycles. The van der Waals surface area contributed by atoms with Gasteiger partial charge < -0.3 is 0 Å². The number of rotatable bonds is 30. The summed E-state index contributed by atoms with van der Waals surface area (Å²) in [5.41, 5.74) is 0. The smallest absolute Gasteiger partial charge is 0.248 e. The Morgan fingerprint density at radius 1 is 0.410 bits per heavy atom. The Morgan fingerprint density at radius 2 is 0.667 bits per heavy atom. The second kappa shape index (κ2) is 26.7. The lowest BCUT2D eigenvalue weighted by Crippen LogP contribution is -2.18. The van der Waals surface area contributed by atoms with Crippen LogP contribution >= 0.6 is 0 Å². The topological polar surface area (TPSA) is 52.6 Å². The first-order valence-electron chi connectivity index (χ1n) is 17.2. The van der Waals surface area contributed by atoms with Crippen molar-refractivity contribution in [2.45, 2.75) is 183 Å². The van der Waals surface area contributed by atoms with Crippen LogP contribution in [0.1, 0.15) is 183 Å². The van der Waals surface area contributed by atoms with Crippen molar-refractivity contribution in [1.29, 1.82) is 0 Å². The second-order valence-corrected chi connectivity index (χ2v) is 14.4. The van der Waals surface area contributed by atoms with Gasteiger partial charge in [-0.2, -0.15) is 8.42 Å². The van der Waals surface area contributed by atoms with Crippen molar-refractivity contribution >= 4 is 10.4 Å². The highest BCUT2D eigenvalue weighted by molar-refractivity contribution is 7.81. The third kappa shape index (κ3) is 27.8. The van der Waals surface area contributed by atoms with E-state index in [1.54, 1.807) is 0 Å². The van der Waals surface area contributed by atoms with Gasteiger partial charge in [0.2, 0.25) is 0 Å². The van der Waals surface area contributed by atoms with Crippen LogP contribution in [0.15, 0.2) is 0 Å². The van der Waals surface area contributed by atoms with Crippen molar-refractivity contribution in [3.05, 3.63) is 0 Å². The van der Waals surface area contributed by atoms with Crippen LogP contribution in [0.2, 0.25) is 0 Å². The molecule has 236 valence electrons. The Hall–Kier alpha value is -0.130. The molecule has 0 spiro atoms. The molecular formula is C34H70O4S. The molecule has 0 saturated heterocycles. The molecule has 0 N–H and O–H groups in total. The summed E-state index contributed by atoms with van der Waals surface area (Å²) in [6.07, 6.45) is 28.3. The average molecular weight is 575 g/mol. The first-order valence-corrected chi connectivity index (χ1v) is 18.6. The maximum Gasteiger partial charge on any atom is 0.399 e. The van der Waals surface area contributed by atoms with Gasteiger partial charge in [0.1, 0.15) is 0 Å². The molecule has 5 heteroatoms. The van der Waals surface area contributed by atoms with E-state index in [1.165, 1.54) is 116 Å². The van der Waals surface area contributed by atoms with Gasteiger partial charge >= 0.3 is 10.4 Å². The predicted molar refractivity (Wildman–Crippen MR) is 170 cm³/mol. The van der Waals surface area contributed by atoms with Crippen molar-refractivity contribution in [3.8, 4) is 0 Å². The summed E-state index contributed by atoms with van der Waals surface area (Å²) < 4.78 is 34.7. The summed E-state index contributed by atoms with van der Waals surface area (Å²) in [7, 11) is -3.89. The molecule has 0 aromatic rings. The fourth-order valence-electron chi connectivity index (χ4n) is 5.41. The summed E-state index contributed by atoms with van der Waals surface area (Å²) in [5.74, 6) is 2.21. The van der Waals surface area contributed by atoms with E-state index in [4.69, 9.17) is 8.37 Å². The van der Waals surface area contributed by atoms with Crippen LogP contribution in [0, 0.1) is 23.7 Å². The molecule has 0 aliphatic carbocycles. The van der Waals surface area contributed by atoms with Crippen molar-refractivity contribution in [2.24, 2.45) is 23.7 Å². The summed E-state index contributed by atoms with van der Waals surface area (Å²) in [6.45, 7) is 13.9. The van der Waals surface area contributed by atoms with Crippen molar-refractivity contribution in [3.63, 3.8) is 0 Å². The molecule has 4 atom stereocenters. The van der Waals surface area contributed by atoms with Gasteiger partial charge in [0, 0.05) is 0 Å². The number of hydrogen-bond acceptors (Lipinski definition) is 4. The Labute approximate surface area is 246 Å². The monoisotopic (exact) mass is 574 g/mol. The molecule has 0 aliphatic rings. The summed E-state index contributed by atoms with van der Waals surface area (Å²) >= 11 is 0. The Kier molecular flexibility index (Phi) is 26.7. The average Bonchev–Trinajstić information content (AvgIpc) is 2.90. The van der Waals surface area contributed by atoms with Crippen molar-refractivity contribution in [1.82, 2.24) is 0 Å². The molecule has 4 unspecified atom stereocenters. The zero-order chi connectivity index (χ0) is 29.2. The second-order valence-electron chi connectivity index (χ2n) is 13.1. The Balaban J connectivity index is 3.68. The van der Waals surface area contributed by atoms with Crippen molar-refractivity contribution < 1.29 is 16.8 Å². The van der Waals surface area contributed by atoms with Crippen LogP contribution in [-0.4, -0.2) is 21.6 Å². The highest BCUT2D eigenvalue weighted by Gasteiger charge is 2.16. The van der Waals surface area contributed by atoms with Gasteiger partial charge in [-0.1, -0.05) is 170 Å². The molecule has 0 amide bonds. The van der Waals surface area contributed by atoms with E-state index in [2.05, 4.69) is 41.5 Å². The van der Waals surface area contributed by atoms with E-state index in [0.29, 0.717) is 0 Å². The van der Waals surface area contributed by atoms with Crippen LogP contribution in [-0.2, 0) is 18.8 Å². The lowest BCUT2D eigenvalue weighted by Gasteiger charge is -2.14. The minimum absolute atomic E-state index is 0.225. The van der Waals surface area contributed by atoms with Gasteiger partial charge in [0.05, 0.1) is 13.2 Å². The summed E-state index contributed by atoms with van der Waals surface area (Å²) in [4.78, 5) is 0. The van der Waals surface area contributed by atoms with E-state index in [1.807, 2.05) is 0 Å². The van der Waals surface area contributed by atoms with Gasteiger partial charge in [-0.05, 0) is 36.5 Å². The third-order valence-corrected chi connectivity index (χ3v) is 9.23.